The van der Waals surface area contributed by atoms with E-state index in [1.807, 2.05) is 16.8 Å². The van der Waals surface area contributed by atoms with Crippen molar-refractivity contribution in [2.45, 2.75) is 6.54 Å². The van der Waals surface area contributed by atoms with E-state index in [2.05, 4.69) is 5.32 Å². The molecule has 0 radical (unpaired) electrons. The van der Waals surface area contributed by atoms with E-state index in [-0.39, 0.29) is 10.6 Å². The van der Waals surface area contributed by atoms with Crippen molar-refractivity contribution in [3.63, 3.8) is 0 Å². The van der Waals surface area contributed by atoms with Gasteiger partial charge in [0.25, 0.3) is 0 Å². The van der Waals surface area contributed by atoms with Gasteiger partial charge in [0.05, 0.1) is 5.56 Å². The first-order chi connectivity index (χ1) is 8.18. The summed E-state index contributed by atoms with van der Waals surface area (Å²) in [6.07, 6.45) is 0. The Hall–Kier alpha value is -1.46. The molecule has 2 aromatic rings. The lowest BCUT2D eigenvalue weighted by molar-refractivity contribution is 0.626. The second kappa shape index (κ2) is 5.25. The number of rotatable bonds is 4. The number of thiocarbonyl (C=S) groups is 1. The first-order valence-electron chi connectivity index (χ1n) is 5.01. The van der Waals surface area contributed by atoms with Gasteiger partial charge < -0.3 is 11.1 Å². The van der Waals surface area contributed by atoms with Gasteiger partial charge in [-0.05, 0) is 34.5 Å². The summed E-state index contributed by atoms with van der Waals surface area (Å²) in [6, 6.07) is 6.76. The average molecular weight is 266 g/mol. The zero-order valence-electron chi connectivity index (χ0n) is 8.94. The second-order valence-electron chi connectivity index (χ2n) is 3.51. The quantitative estimate of drug-likeness (QED) is 0.835. The minimum atomic E-state index is -0.396. The highest BCUT2D eigenvalue weighted by Crippen LogP contribution is 2.20. The van der Waals surface area contributed by atoms with Crippen molar-refractivity contribution in [3.8, 4) is 0 Å². The maximum atomic E-state index is 13.6. The molecule has 1 aromatic carbocycles. The van der Waals surface area contributed by atoms with Gasteiger partial charge in [0, 0.05) is 12.2 Å². The largest absolute Gasteiger partial charge is 0.389 e. The van der Waals surface area contributed by atoms with Gasteiger partial charge in [-0.1, -0.05) is 18.3 Å². The van der Waals surface area contributed by atoms with Crippen molar-refractivity contribution in [3.05, 3.63) is 52.0 Å². The molecule has 0 amide bonds. The molecule has 1 aromatic heterocycles. The molecule has 0 saturated carbocycles. The van der Waals surface area contributed by atoms with Gasteiger partial charge in [0.1, 0.15) is 10.8 Å². The first kappa shape index (κ1) is 12.0. The molecule has 0 fully saturated rings. The van der Waals surface area contributed by atoms with E-state index in [0.29, 0.717) is 12.2 Å². The van der Waals surface area contributed by atoms with Crippen molar-refractivity contribution in [1.29, 1.82) is 0 Å². The molecule has 1 heterocycles. The number of hydrogen-bond acceptors (Lipinski definition) is 3. The first-order valence-corrected chi connectivity index (χ1v) is 6.37. The van der Waals surface area contributed by atoms with Crippen LogP contribution in [-0.2, 0) is 6.54 Å². The summed E-state index contributed by atoms with van der Waals surface area (Å²) in [7, 11) is 0. The van der Waals surface area contributed by atoms with Crippen LogP contribution in [0.1, 0.15) is 11.1 Å². The number of nitrogens with two attached hydrogens (primary N) is 1. The third-order valence-electron chi connectivity index (χ3n) is 2.32. The van der Waals surface area contributed by atoms with Crippen LogP contribution in [0.3, 0.4) is 0 Å². The number of nitrogens with one attached hydrogen (secondary N) is 1. The van der Waals surface area contributed by atoms with E-state index in [1.54, 1.807) is 23.5 Å². The minimum absolute atomic E-state index is 0.0657. The van der Waals surface area contributed by atoms with Gasteiger partial charge in [-0.2, -0.15) is 11.3 Å². The van der Waals surface area contributed by atoms with E-state index in [1.165, 1.54) is 6.07 Å². The molecule has 0 aliphatic rings. The molecule has 0 bridgehead atoms. The van der Waals surface area contributed by atoms with Crippen LogP contribution >= 0.6 is 23.6 Å². The molecule has 0 aliphatic carbocycles. The second-order valence-corrected chi connectivity index (χ2v) is 4.73. The van der Waals surface area contributed by atoms with Gasteiger partial charge in [-0.3, -0.25) is 0 Å². The molecule has 0 unspecified atom stereocenters. The van der Waals surface area contributed by atoms with Gasteiger partial charge in [0.2, 0.25) is 0 Å². The fourth-order valence-corrected chi connectivity index (χ4v) is 2.39. The molecule has 3 N–H and O–H groups in total. The highest BCUT2D eigenvalue weighted by molar-refractivity contribution is 7.80. The van der Waals surface area contributed by atoms with E-state index in [0.717, 1.165) is 5.56 Å². The van der Waals surface area contributed by atoms with Crippen LogP contribution in [-0.4, -0.2) is 4.99 Å². The summed E-state index contributed by atoms with van der Waals surface area (Å²) in [5.41, 5.74) is 7.57. The monoisotopic (exact) mass is 266 g/mol. The standard InChI is InChI=1S/C12H11FN2S2/c13-9-2-1-3-10(11(9)12(14)16)15-6-8-4-5-17-7-8/h1-5,7,15H,6H2,(H2,14,16). The zero-order chi connectivity index (χ0) is 12.3. The fraction of sp³-hybridized carbons (Fsp3) is 0.0833. The highest BCUT2D eigenvalue weighted by Gasteiger charge is 2.10. The molecular formula is C12H11FN2S2. The molecule has 0 aliphatic heterocycles. The minimum Gasteiger partial charge on any atom is -0.389 e. The lowest BCUT2D eigenvalue weighted by Gasteiger charge is -2.11. The van der Waals surface area contributed by atoms with Gasteiger partial charge >= 0.3 is 0 Å². The number of hydrogen-bond donors (Lipinski definition) is 2. The van der Waals surface area contributed by atoms with E-state index in [9.17, 15) is 4.39 Å². The maximum Gasteiger partial charge on any atom is 0.135 e. The Kier molecular flexibility index (Phi) is 3.71. The lowest BCUT2D eigenvalue weighted by Crippen LogP contribution is -2.15. The van der Waals surface area contributed by atoms with Gasteiger partial charge in [-0.25, -0.2) is 4.39 Å². The van der Waals surface area contributed by atoms with Crippen LogP contribution in [0.4, 0.5) is 10.1 Å². The maximum absolute atomic E-state index is 13.6. The molecule has 0 atom stereocenters. The molecule has 2 rings (SSSR count). The third-order valence-corrected chi connectivity index (χ3v) is 3.26. The highest BCUT2D eigenvalue weighted by atomic mass is 32.1. The zero-order valence-corrected chi connectivity index (χ0v) is 10.6. The number of halogens is 1. The molecular weight excluding hydrogens is 255 g/mol. The topological polar surface area (TPSA) is 38.0 Å². The summed E-state index contributed by atoms with van der Waals surface area (Å²) >= 11 is 6.47. The summed E-state index contributed by atoms with van der Waals surface area (Å²) < 4.78 is 13.6. The summed E-state index contributed by atoms with van der Waals surface area (Å²) in [4.78, 5) is 0.0657. The van der Waals surface area contributed by atoms with Crippen LogP contribution in [0.5, 0.6) is 0 Å². The Bertz CT molecular complexity index is 523. The van der Waals surface area contributed by atoms with Gasteiger partial charge in [0.15, 0.2) is 0 Å². The van der Waals surface area contributed by atoms with E-state index >= 15 is 0 Å². The molecule has 88 valence electrons. The van der Waals surface area contributed by atoms with E-state index < -0.39 is 5.82 Å². The van der Waals surface area contributed by atoms with Crippen molar-refractivity contribution in [2.75, 3.05) is 5.32 Å². The smallest absolute Gasteiger partial charge is 0.135 e. The predicted molar refractivity (Wildman–Crippen MR) is 73.9 cm³/mol. The SMILES string of the molecule is NC(=S)c1c(F)cccc1NCc1ccsc1. The molecule has 5 heteroatoms. The summed E-state index contributed by atoms with van der Waals surface area (Å²) in [5, 5.41) is 7.17. The van der Waals surface area contributed by atoms with E-state index in [4.69, 9.17) is 18.0 Å². The number of benzene rings is 1. The van der Waals surface area contributed by atoms with Crippen LogP contribution < -0.4 is 11.1 Å². The van der Waals surface area contributed by atoms with Crippen molar-refractivity contribution in [1.82, 2.24) is 0 Å². The van der Waals surface area contributed by atoms with Gasteiger partial charge in [-0.15, -0.1) is 0 Å². The predicted octanol–water partition coefficient (Wildman–Crippen LogP) is 3.13. The Morgan fingerprint density at radius 3 is 2.88 bits per heavy atom. The van der Waals surface area contributed by atoms with Crippen molar-refractivity contribution < 1.29 is 4.39 Å². The lowest BCUT2D eigenvalue weighted by atomic mass is 10.1. The van der Waals surface area contributed by atoms with Crippen LogP contribution in [0.25, 0.3) is 0 Å². The Morgan fingerprint density at radius 2 is 2.24 bits per heavy atom. The Labute approximate surface area is 108 Å². The van der Waals surface area contributed by atoms with Crippen LogP contribution in [0.15, 0.2) is 35.0 Å². The van der Waals surface area contributed by atoms with Crippen LogP contribution in [0, 0.1) is 5.82 Å². The molecule has 2 nitrogen and oxygen atoms in total. The third kappa shape index (κ3) is 2.81. The normalized spacial score (nSPS) is 10.2. The summed E-state index contributed by atoms with van der Waals surface area (Å²) in [5.74, 6) is -0.396. The Morgan fingerprint density at radius 1 is 1.41 bits per heavy atom. The molecule has 0 spiro atoms. The average Bonchev–Trinajstić information content (AvgIpc) is 2.78. The fourth-order valence-electron chi connectivity index (χ4n) is 1.51. The Balaban J connectivity index is 2.21. The molecule has 0 saturated heterocycles. The van der Waals surface area contributed by atoms with Crippen LogP contribution in [0.2, 0.25) is 0 Å². The molecule has 17 heavy (non-hydrogen) atoms. The van der Waals surface area contributed by atoms with Crippen molar-refractivity contribution in [2.24, 2.45) is 5.73 Å². The van der Waals surface area contributed by atoms with Crippen molar-refractivity contribution >= 4 is 34.2 Å². The summed E-state index contributed by atoms with van der Waals surface area (Å²) in [6.45, 7) is 0.628. The number of thiophene rings is 1. The number of anilines is 1.